The maximum atomic E-state index is 10.8. The number of hydrogen-bond donors (Lipinski definition) is 1. The molecule has 1 aliphatic rings. The Labute approximate surface area is 70.2 Å². The Bertz CT molecular complexity index is 194. The number of hydrogen-bond acceptors (Lipinski definition) is 4. The van der Waals surface area contributed by atoms with Gasteiger partial charge in [-0.3, -0.25) is 0 Å². The van der Waals surface area contributed by atoms with Crippen LogP contribution in [0.25, 0.3) is 0 Å². The van der Waals surface area contributed by atoms with Crippen molar-refractivity contribution in [3.63, 3.8) is 0 Å². The van der Waals surface area contributed by atoms with E-state index >= 15 is 0 Å². The molecule has 1 N–H and O–H groups in total. The van der Waals surface area contributed by atoms with Gasteiger partial charge in [0.15, 0.2) is 0 Å². The number of nitroso groups, excluding NO2 is 1. The summed E-state index contributed by atoms with van der Waals surface area (Å²) >= 11 is 0. The monoisotopic (exact) mass is 171 g/mol. The average molecular weight is 171 g/mol. The van der Waals surface area contributed by atoms with E-state index in [1.807, 2.05) is 0 Å². The first-order valence-corrected chi connectivity index (χ1v) is 3.73. The Morgan fingerprint density at radius 3 is 2.83 bits per heavy atom. The number of nitriles is 1. The minimum atomic E-state index is -0.169. The Kier molecular flexibility index (Phi) is 3.44. The van der Waals surface area contributed by atoms with Crippen LogP contribution in [0.3, 0.4) is 0 Å². The van der Waals surface area contributed by atoms with Crippen LogP contribution >= 0.6 is 0 Å². The van der Waals surface area contributed by atoms with E-state index in [0.29, 0.717) is 31.2 Å². The molecule has 1 heterocycles. The lowest BCUT2D eigenvalue weighted by molar-refractivity contribution is -0.628. The molecule has 1 saturated heterocycles. The molecule has 6 nitrogen and oxygen atoms in total. The van der Waals surface area contributed by atoms with Crippen molar-refractivity contribution >= 4 is 0 Å². The van der Waals surface area contributed by atoms with Gasteiger partial charge in [-0.05, 0) is 0 Å². The molecule has 66 valence electrons. The van der Waals surface area contributed by atoms with Crippen molar-refractivity contribution in [1.29, 1.82) is 5.26 Å². The lowest BCUT2D eigenvalue weighted by atomic mass is 10.5. The topological polar surface area (TPSA) is 68.4 Å². The molecule has 6 heteroatoms. The van der Waals surface area contributed by atoms with Crippen LogP contribution in [0, 0.1) is 16.2 Å². The Hall–Kier alpha value is -1.19. The maximum Gasteiger partial charge on any atom is 0.310 e. The van der Waals surface area contributed by atoms with Gasteiger partial charge in [-0.2, -0.15) is 10.3 Å². The second-order valence-electron chi connectivity index (χ2n) is 2.39. The van der Waals surface area contributed by atoms with Crippen molar-refractivity contribution < 1.29 is 9.61 Å². The summed E-state index contributed by atoms with van der Waals surface area (Å²) in [5, 5.41) is 9.92. The number of nitrogens with zero attached hydrogens (tertiary/aromatic N) is 3. The quantitative estimate of drug-likeness (QED) is 0.336. The van der Waals surface area contributed by atoms with Crippen LogP contribution in [0.15, 0.2) is 0 Å². The van der Waals surface area contributed by atoms with Gasteiger partial charge in [-0.25, -0.2) is 0 Å². The molecule has 0 amide bonds. The third kappa shape index (κ3) is 2.82. The molecule has 1 aliphatic heterocycles. The molecule has 0 aromatic rings. The van der Waals surface area contributed by atoms with E-state index in [0.717, 1.165) is 0 Å². The molecule has 0 atom stereocenters. The van der Waals surface area contributed by atoms with Gasteiger partial charge in [-0.1, -0.05) is 5.53 Å². The summed E-state index contributed by atoms with van der Waals surface area (Å²) in [5.74, 6) is 0. The van der Waals surface area contributed by atoms with Crippen molar-refractivity contribution in [2.45, 2.75) is 0 Å². The van der Waals surface area contributed by atoms with E-state index in [4.69, 9.17) is 10.00 Å². The standard InChI is InChI=1S/C6H11N4O2/c7-1-2-10(11)8-9-3-5-12-6-4-9/h2-6H2,(H,8,11)/q+1. The maximum absolute atomic E-state index is 10.8. The molecule has 0 spiro atoms. The second kappa shape index (κ2) is 4.64. The summed E-state index contributed by atoms with van der Waals surface area (Å²) < 4.78 is 5.07. The van der Waals surface area contributed by atoms with Gasteiger partial charge in [0, 0.05) is 13.1 Å². The molecule has 0 unspecified atom stereocenters. The van der Waals surface area contributed by atoms with E-state index < -0.39 is 0 Å². The zero-order valence-corrected chi connectivity index (χ0v) is 6.69. The normalized spacial score (nSPS) is 18.2. The molecule has 0 saturated carbocycles. The van der Waals surface area contributed by atoms with Crippen LogP contribution in [-0.2, 0) is 4.74 Å². The minimum Gasteiger partial charge on any atom is -0.379 e. The number of nitrogens with one attached hydrogen (secondary N) is 1. The lowest BCUT2D eigenvalue weighted by Crippen LogP contribution is -2.49. The number of rotatable bonds is 3. The van der Waals surface area contributed by atoms with Crippen molar-refractivity contribution in [3.8, 4) is 6.07 Å². The third-order valence-corrected chi connectivity index (χ3v) is 1.48. The molecule has 0 aliphatic carbocycles. The molecule has 0 bridgehead atoms. The van der Waals surface area contributed by atoms with Crippen LogP contribution in [0.1, 0.15) is 0 Å². The van der Waals surface area contributed by atoms with Crippen LogP contribution in [0.2, 0.25) is 0 Å². The molecule has 1 fully saturated rings. The molecular formula is C6H11N4O2+. The molecular weight excluding hydrogens is 160 g/mol. The first kappa shape index (κ1) is 8.90. The highest BCUT2D eigenvalue weighted by atomic mass is 16.5. The predicted molar refractivity (Wildman–Crippen MR) is 39.6 cm³/mol. The minimum absolute atomic E-state index is 0.169. The highest BCUT2D eigenvalue weighted by molar-refractivity contribution is 4.64. The fourth-order valence-corrected chi connectivity index (χ4v) is 0.921. The number of morpholine rings is 1. The molecule has 0 aromatic carbocycles. The highest BCUT2D eigenvalue weighted by Crippen LogP contribution is 1.91. The fraction of sp³-hybridized carbons (Fsp3) is 0.833. The average Bonchev–Trinajstić information content (AvgIpc) is 2.06. The summed E-state index contributed by atoms with van der Waals surface area (Å²) in [4.78, 5) is 11.3. The van der Waals surface area contributed by atoms with Gasteiger partial charge in [-0.15, -0.1) is 0 Å². The van der Waals surface area contributed by atoms with Crippen molar-refractivity contribution in [2.24, 2.45) is 0 Å². The number of hydrazine groups is 2. The third-order valence-electron chi connectivity index (χ3n) is 1.48. The van der Waals surface area contributed by atoms with Crippen LogP contribution in [0.5, 0.6) is 0 Å². The van der Waals surface area contributed by atoms with Crippen LogP contribution in [-0.4, -0.2) is 42.7 Å². The lowest BCUT2D eigenvalue weighted by Gasteiger charge is -2.22. The van der Waals surface area contributed by atoms with Crippen molar-refractivity contribution in [2.75, 3.05) is 32.8 Å². The zero-order valence-electron chi connectivity index (χ0n) is 6.69. The summed E-state index contributed by atoms with van der Waals surface area (Å²) in [6.07, 6.45) is 0. The SMILES string of the molecule is N#CC[N+](=O)NN1CCOCC1. The van der Waals surface area contributed by atoms with Gasteiger partial charge in [0.25, 0.3) is 0 Å². The smallest absolute Gasteiger partial charge is 0.310 e. The van der Waals surface area contributed by atoms with E-state index in [2.05, 4.69) is 5.53 Å². The summed E-state index contributed by atoms with van der Waals surface area (Å²) in [5.41, 5.74) is 2.53. The fourth-order valence-electron chi connectivity index (χ4n) is 0.921. The predicted octanol–water partition coefficient (Wildman–Crippen LogP) is -0.959. The molecule has 0 aromatic heterocycles. The van der Waals surface area contributed by atoms with Crippen LogP contribution in [0.4, 0.5) is 0 Å². The van der Waals surface area contributed by atoms with E-state index in [1.54, 1.807) is 11.1 Å². The van der Waals surface area contributed by atoms with Crippen LogP contribution < -0.4 is 5.53 Å². The van der Waals surface area contributed by atoms with E-state index in [9.17, 15) is 4.91 Å². The summed E-state index contributed by atoms with van der Waals surface area (Å²) in [7, 11) is 0. The van der Waals surface area contributed by atoms with Gasteiger partial charge in [0.1, 0.15) is 10.9 Å². The largest absolute Gasteiger partial charge is 0.379 e. The van der Waals surface area contributed by atoms with E-state index in [1.165, 1.54) is 0 Å². The number of ether oxygens (including phenoxy) is 1. The summed E-state index contributed by atoms with van der Waals surface area (Å²) in [6.45, 7) is 2.41. The Morgan fingerprint density at radius 1 is 1.58 bits per heavy atom. The van der Waals surface area contributed by atoms with Crippen molar-refractivity contribution in [1.82, 2.24) is 10.5 Å². The van der Waals surface area contributed by atoms with Gasteiger partial charge >= 0.3 is 6.54 Å². The van der Waals surface area contributed by atoms with Gasteiger partial charge in [0.2, 0.25) is 0 Å². The second-order valence-corrected chi connectivity index (χ2v) is 2.39. The first-order valence-electron chi connectivity index (χ1n) is 3.73. The molecule has 12 heavy (non-hydrogen) atoms. The molecule has 0 radical (unpaired) electrons. The Morgan fingerprint density at radius 2 is 2.25 bits per heavy atom. The van der Waals surface area contributed by atoms with Gasteiger partial charge < -0.3 is 4.74 Å². The zero-order chi connectivity index (χ0) is 8.81. The first-order chi connectivity index (χ1) is 5.83. The highest BCUT2D eigenvalue weighted by Gasteiger charge is 2.16. The van der Waals surface area contributed by atoms with Gasteiger partial charge in [0.05, 0.1) is 18.1 Å². The van der Waals surface area contributed by atoms with Crippen molar-refractivity contribution in [3.05, 3.63) is 4.91 Å². The molecule has 1 rings (SSSR count). The summed E-state index contributed by atoms with van der Waals surface area (Å²) in [6, 6.07) is 1.75. The Balaban J connectivity index is 2.21. The van der Waals surface area contributed by atoms with E-state index in [-0.39, 0.29) is 6.54 Å².